The molecule has 4 N–H and O–H groups in total. The van der Waals surface area contributed by atoms with Crippen LogP contribution >= 0.6 is 24.0 Å². The van der Waals surface area contributed by atoms with Gasteiger partial charge in [-0.15, -0.1) is 24.0 Å². The SMILES string of the molecule is CCCCOCCCNC(=NC)NCCCc1nn(-c2ccccc2)c(N)c1C#N.I. The van der Waals surface area contributed by atoms with Crippen molar-refractivity contribution in [2.45, 2.75) is 39.0 Å². The Labute approximate surface area is 202 Å². The largest absolute Gasteiger partial charge is 0.382 e. The van der Waals surface area contributed by atoms with Gasteiger partial charge in [0.05, 0.1) is 11.4 Å². The number of ether oxygens (including phenoxy) is 1. The second-order valence-corrected chi connectivity index (χ2v) is 6.91. The van der Waals surface area contributed by atoms with Crippen LogP contribution in [0.1, 0.15) is 43.9 Å². The first-order chi connectivity index (χ1) is 14.7. The van der Waals surface area contributed by atoms with E-state index in [4.69, 9.17) is 10.5 Å². The van der Waals surface area contributed by atoms with Crippen molar-refractivity contribution >= 4 is 35.8 Å². The molecule has 0 saturated heterocycles. The van der Waals surface area contributed by atoms with E-state index in [1.165, 1.54) is 0 Å². The van der Waals surface area contributed by atoms with Crippen molar-refractivity contribution in [3.63, 3.8) is 0 Å². The van der Waals surface area contributed by atoms with Gasteiger partial charge in [0, 0.05) is 33.4 Å². The number of nitrogens with one attached hydrogen (secondary N) is 2. The van der Waals surface area contributed by atoms with Gasteiger partial charge in [0.2, 0.25) is 0 Å². The summed E-state index contributed by atoms with van der Waals surface area (Å²) in [5, 5.41) is 20.6. The molecule has 2 rings (SSSR count). The van der Waals surface area contributed by atoms with Crippen molar-refractivity contribution in [3.8, 4) is 11.8 Å². The van der Waals surface area contributed by atoms with Gasteiger partial charge in [0.25, 0.3) is 0 Å². The lowest BCUT2D eigenvalue weighted by molar-refractivity contribution is 0.129. The molecule has 0 amide bonds. The van der Waals surface area contributed by atoms with Crippen LogP contribution in [0, 0.1) is 11.3 Å². The molecule has 0 saturated carbocycles. The van der Waals surface area contributed by atoms with Crippen molar-refractivity contribution in [3.05, 3.63) is 41.6 Å². The van der Waals surface area contributed by atoms with Crippen LogP contribution in [-0.2, 0) is 11.2 Å². The first-order valence-corrected chi connectivity index (χ1v) is 10.6. The van der Waals surface area contributed by atoms with E-state index in [1.807, 2.05) is 30.3 Å². The fourth-order valence-corrected chi connectivity index (χ4v) is 2.95. The van der Waals surface area contributed by atoms with Crippen molar-refractivity contribution in [1.29, 1.82) is 5.26 Å². The van der Waals surface area contributed by atoms with Crippen molar-refractivity contribution in [2.75, 3.05) is 39.1 Å². The van der Waals surface area contributed by atoms with Crippen LogP contribution in [0.4, 0.5) is 5.82 Å². The summed E-state index contributed by atoms with van der Waals surface area (Å²) < 4.78 is 7.19. The third-order valence-electron chi connectivity index (χ3n) is 4.61. The lowest BCUT2D eigenvalue weighted by atomic mass is 10.1. The smallest absolute Gasteiger partial charge is 0.190 e. The minimum absolute atomic E-state index is 0. The zero-order valence-corrected chi connectivity index (χ0v) is 20.8. The number of nitriles is 1. The molecule has 0 aliphatic carbocycles. The number of aromatic nitrogens is 2. The van der Waals surface area contributed by atoms with Gasteiger partial charge in [-0.25, -0.2) is 4.68 Å². The number of guanidine groups is 1. The minimum Gasteiger partial charge on any atom is -0.382 e. The van der Waals surface area contributed by atoms with Gasteiger partial charge >= 0.3 is 0 Å². The first kappa shape index (κ1) is 26.7. The van der Waals surface area contributed by atoms with E-state index in [0.29, 0.717) is 23.5 Å². The molecular weight excluding hydrogens is 505 g/mol. The molecule has 0 aliphatic rings. The van der Waals surface area contributed by atoms with E-state index < -0.39 is 0 Å². The molecule has 0 spiro atoms. The van der Waals surface area contributed by atoms with E-state index >= 15 is 0 Å². The number of benzene rings is 1. The number of nitrogens with zero attached hydrogens (tertiary/aromatic N) is 4. The summed E-state index contributed by atoms with van der Waals surface area (Å²) in [5.74, 6) is 1.14. The molecule has 0 radical (unpaired) electrons. The summed E-state index contributed by atoms with van der Waals surface area (Å²) in [6.07, 6.45) is 4.66. The van der Waals surface area contributed by atoms with Crippen molar-refractivity contribution in [1.82, 2.24) is 20.4 Å². The Bertz CT molecular complexity index is 830. The molecule has 0 atom stereocenters. The van der Waals surface area contributed by atoms with E-state index in [0.717, 1.165) is 63.6 Å². The van der Waals surface area contributed by atoms with Crippen LogP contribution in [-0.4, -0.2) is 49.1 Å². The first-order valence-electron chi connectivity index (χ1n) is 10.6. The molecule has 8 nitrogen and oxygen atoms in total. The van der Waals surface area contributed by atoms with Crippen LogP contribution < -0.4 is 16.4 Å². The third-order valence-corrected chi connectivity index (χ3v) is 4.61. The topological polar surface area (TPSA) is 113 Å². The highest BCUT2D eigenvalue weighted by atomic mass is 127. The fourth-order valence-electron chi connectivity index (χ4n) is 2.95. The van der Waals surface area contributed by atoms with Gasteiger partial charge in [-0.2, -0.15) is 10.4 Å². The normalized spacial score (nSPS) is 10.9. The van der Waals surface area contributed by atoms with Crippen LogP contribution in [0.3, 0.4) is 0 Å². The Hall–Kier alpha value is -2.32. The number of nitrogen functional groups attached to an aromatic ring is 1. The number of anilines is 1. The molecule has 0 fully saturated rings. The molecule has 0 bridgehead atoms. The summed E-state index contributed by atoms with van der Waals surface area (Å²) in [5.41, 5.74) is 8.16. The number of aryl methyl sites for hydroxylation is 1. The molecule has 1 aromatic carbocycles. The predicted molar refractivity (Wildman–Crippen MR) is 136 cm³/mol. The standard InChI is InChI=1S/C22H33N7O.HI/c1-3-4-15-30-16-9-14-27-22(25-2)26-13-8-12-20-19(17-23)21(24)29(28-20)18-10-6-5-7-11-18;/h5-7,10-11H,3-4,8-9,12-16,24H2,1-2H3,(H2,25,26,27);1H. The van der Waals surface area contributed by atoms with Crippen molar-refractivity contribution in [2.24, 2.45) is 4.99 Å². The molecule has 9 heteroatoms. The van der Waals surface area contributed by atoms with Gasteiger partial charge in [-0.1, -0.05) is 31.5 Å². The zero-order valence-electron chi connectivity index (χ0n) is 18.4. The second kappa shape index (κ2) is 15.5. The summed E-state index contributed by atoms with van der Waals surface area (Å²) in [7, 11) is 1.75. The zero-order chi connectivity index (χ0) is 21.6. The summed E-state index contributed by atoms with van der Waals surface area (Å²) >= 11 is 0. The molecule has 170 valence electrons. The van der Waals surface area contributed by atoms with Crippen LogP contribution in [0.25, 0.3) is 5.69 Å². The number of para-hydroxylation sites is 1. The number of hydrogen-bond donors (Lipinski definition) is 3. The van der Waals surface area contributed by atoms with E-state index in [1.54, 1.807) is 11.7 Å². The number of rotatable bonds is 12. The van der Waals surface area contributed by atoms with Crippen LogP contribution in [0.15, 0.2) is 35.3 Å². The maximum Gasteiger partial charge on any atom is 0.190 e. The quantitative estimate of drug-likeness (QED) is 0.165. The molecular formula is C22H34IN7O. The predicted octanol–water partition coefficient (Wildman–Crippen LogP) is 3.25. The summed E-state index contributed by atoms with van der Waals surface area (Å²) in [4.78, 5) is 4.23. The maximum atomic E-state index is 9.49. The lowest BCUT2D eigenvalue weighted by Gasteiger charge is -2.11. The number of unbranched alkanes of at least 4 members (excludes halogenated alkanes) is 1. The molecule has 0 unspecified atom stereocenters. The molecule has 31 heavy (non-hydrogen) atoms. The summed E-state index contributed by atoms with van der Waals surface area (Å²) in [6, 6.07) is 11.8. The van der Waals surface area contributed by atoms with Gasteiger partial charge in [0.1, 0.15) is 17.5 Å². The highest BCUT2D eigenvalue weighted by molar-refractivity contribution is 14.0. The monoisotopic (exact) mass is 539 g/mol. The Morgan fingerprint density at radius 1 is 1.16 bits per heavy atom. The second-order valence-electron chi connectivity index (χ2n) is 6.91. The van der Waals surface area contributed by atoms with Gasteiger partial charge in [-0.05, 0) is 37.8 Å². The molecule has 1 heterocycles. The van der Waals surface area contributed by atoms with E-state index in [-0.39, 0.29) is 24.0 Å². The van der Waals surface area contributed by atoms with Crippen molar-refractivity contribution < 1.29 is 4.74 Å². The number of halogens is 1. The number of nitrogens with two attached hydrogens (primary N) is 1. The molecule has 2 aromatic rings. The van der Waals surface area contributed by atoms with Crippen LogP contribution in [0.5, 0.6) is 0 Å². The highest BCUT2D eigenvalue weighted by Gasteiger charge is 2.16. The van der Waals surface area contributed by atoms with E-state index in [9.17, 15) is 5.26 Å². The Morgan fingerprint density at radius 3 is 2.48 bits per heavy atom. The number of hydrogen-bond acceptors (Lipinski definition) is 5. The van der Waals surface area contributed by atoms with Gasteiger partial charge in [-0.3, -0.25) is 4.99 Å². The average molecular weight is 539 g/mol. The third kappa shape index (κ3) is 8.75. The highest BCUT2D eigenvalue weighted by Crippen LogP contribution is 2.21. The molecule has 0 aliphatic heterocycles. The number of aliphatic imine (C=N–C) groups is 1. The maximum absolute atomic E-state index is 9.49. The minimum atomic E-state index is 0. The fraction of sp³-hybridized carbons (Fsp3) is 0.500. The Morgan fingerprint density at radius 2 is 1.84 bits per heavy atom. The average Bonchev–Trinajstić information content (AvgIpc) is 3.10. The van der Waals surface area contributed by atoms with Gasteiger partial charge < -0.3 is 21.1 Å². The Balaban J connectivity index is 0.00000480. The van der Waals surface area contributed by atoms with Gasteiger partial charge in [0.15, 0.2) is 5.96 Å². The van der Waals surface area contributed by atoms with Crippen LogP contribution in [0.2, 0.25) is 0 Å². The lowest BCUT2D eigenvalue weighted by Crippen LogP contribution is -2.38. The van der Waals surface area contributed by atoms with E-state index in [2.05, 4.69) is 33.7 Å². The molecule has 1 aromatic heterocycles. The summed E-state index contributed by atoms with van der Waals surface area (Å²) in [6.45, 7) is 5.27. The Kier molecular flexibility index (Phi) is 13.3.